The van der Waals surface area contributed by atoms with E-state index in [1.54, 1.807) is 0 Å². The summed E-state index contributed by atoms with van der Waals surface area (Å²) < 4.78 is 27.7. The molecule has 1 aliphatic heterocycles. The van der Waals surface area contributed by atoms with E-state index >= 15 is 0 Å². The van der Waals surface area contributed by atoms with Gasteiger partial charge in [0.2, 0.25) is 5.79 Å². The van der Waals surface area contributed by atoms with Crippen LogP contribution in [-0.4, -0.2) is 32.5 Å². The maximum absolute atomic E-state index is 11.5. The Hall–Kier alpha value is -2.39. The Bertz CT molecular complexity index is 781. The maximum atomic E-state index is 11.5. The van der Waals surface area contributed by atoms with Crippen LogP contribution in [0.4, 0.5) is 0 Å². The number of aryl methyl sites for hydroxylation is 1. The molecule has 9 heteroatoms. The second kappa shape index (κ2) is 10.3. The van der Waals surface area contributed by atoms with Crippen LogP contribution in [0.5, 0.6) is 5.75 Å². The van der Waals surface area contributed by atoms with Gasteiger partial charge in [0.1, 0.15) is 5.75 Å². The van der Waals surface area contributed by atoms with Crippen molar-refractivity contribution in [3.05, 3.63) is 29.3 Å². The van der Waals surface area contributed by atoms with Crippen LogP contribution in [0.3, 0.4) is 0 Å². The fourth-order valence-electron chi connectivity index (χ4n) is 3.72. The molecule has 1 unspecified atom stereocenters. The van der Waals surface area contributed by atoms with Gasteiger partial charge in [0.15, 0.2) is 0 Å². The summed E-state index contributed by atoms with van der Waals surface area (Å²) >= 11 is 0. The molecule has 0 saturated carbocycles. The van der Waals surface area contributed by atoms with E-state index in [1.807, 2.05) is 25.1 Å². The molecule has 0 aliphatic carbocycles. The Labute approximate surface area is 184 Å². The van der Waals surface area contributed by atoms with Gasteiger partial charge in [0.25, 0.3) is 17.9 Å². The number of fused-ring (bicyclic) bond motifs is 1. The first-order chi connectivity index (χ1) is 14.4. The van der Waals surface area contributed by atoms with E-state index in [9.17, 15) is 14.4 Å². The molecule has 0 aromatic heterocycles. The number of hydrogen-bond acceptors (Lipinski definition) is 8. The third-order valence-electron chi connectivity index (χ3n) is 4.61. The zero-order chi connectivity index (χ0) is 23.2. The molecule has 0 N–H and O–H groups in total. The van der Waals surface area contributed by atoms with Crippen LogP contribution in [0.1, 0.15) is 65.5 Å². The Morgan fingerprint density at radius 2 is 1.65 bits per heavy atom. The third-order valence-corrected chi connectivity index (χ3v) is 7.37. The van der Waals surface area contributed by atoms with Crippen molar-refractivity contribution >= 4 is 26.7 Å². The van der Waals surface area contributed by atoms with Gasteiger partial charge in [-0.15, -0.1) is 0 Å². The highest BCUT2D eigenvalue weighted by Gasteiger charge is 2.51. The minimum absolute atomic E-state index is 0.141. The summed E-state index contributed by atoms with van der Waals surface area (Å²) in [6.45, 7) is 10.2. The molecule has 1 aromatic carbocycles. The van der Waals surface area contributed by atoms with Crippen molar-refractivity contribution in [3.63, 3.8) is 0 Å². The molecule has 1 atom stereocenters. The SMILES string of the molecule is CC(=O)O[Si](CCCc1ccc2c(c1)COC(C)(CC(C)C)O2)(OC(C)=O)OC(C)=O. The highest BCUT2D eigenvalue weighted by molar-refractivity contribution is 6.65. The summed E-state index contributed by atoms with van der Waals surface area (Å²) in [5.41, 5.74) is 1.98. The first-order valence-corrected chi connectivity index (χ1v) is 12.4. The van der Waals surface area contributed by atoms with Gasteiger partial charge in [0, 0.05) is 39.7 Å². The smallest absolute Gasteiger partial charge is 0.462 e. The van der Waals surface area contributed by atoms with Gasteiger partial charge >= 0.3 is 8.80 Å². The molecule has 0 saturated heterocycles. The normalized spacial score (nSPS) is 18.0. The first kappa shape index (κ1) is 24.9. The van der Waals surface area contributed by atoms with Gasteiger partial charge in [0.05, 0.1) is 12.7 Å². The quantitative estimate of drug-likeness (QED) is 0.520. The average molecular weight is 453 g/mol. The second-order valence-electron chi connectivity index (χ2n) is 8.38. The van der Waals surface area contributed by atoms with E-state index in [1.165, 1.54) is 20.8 Å². The molecular formula is C22H32O8Si. The van der Waals surface area contributed by atoms with Gasteiger partial charge in [-0.25, -0.2) is 0 Å². The summed E-state index contributed by atoms with van der Waals surface area (Å²) in [4.78, 5) is 34.6. The number of ether oxygens (including phenoxy) is 2. The summed E-state index contributed by atoms with van der Waals surface area (Å²) in [5, 5.41) is 0. The highest BCUT2D eigenvalue weighted by atomic mass is 28.4. The van der Waals surface area contributed by atoms with Crippen molar-refractivity contribution in [1.82, 2.24) is 0 Å². The largest absolute Gasteiger partial charge is 0.705 e. The lowest BCUT2D eigenvalue weighted by Gasteiger charge is -2.37. The van der Waals surface area contributed by atoms with Crippen LogP contribution in [0.25, 0.3) is 0 Å². The summed E-state index contributed by atoms with van der Waals surface area (Å²) in [5.74, 6) is -1.37. The zero-order valence-electron chi connectivity index (χ0n) is 19.1. The lowest BCUT2D eigenvalue weighted by Crippen LogP contribution is -2.49. The van der Waals surface area contributed by atoms with Crippen LogP contribution in [0.2, 0.25) is 6.04 Å². The van der Waals surface area contributed by atoms with Crippen molar-refractivity contribution in [1.29, 1.82) is 0 Å². The van der Waals surface area contributed by atoms with Crippen LogP contribution in [-0.2, 0) is 45.4 Å². The van der Waals surface area contributed by atoms with E-state index in [-0.39, 0.29) is 6.04 Å². The van der Waals surface area contributed by atoms with Crippen LogP contribution >= 0.6 is 0 Å². The molecule has 172 valence electrons. The molecule has 0 bridgehead atoms. The average Bonchev–Trinajstić information content (AvgIpc) is 2.59. The van der Waals surface area contributed by atoms with E-state index in [0.717, 1.165) is 23.3 Å². The minimum Gasteiger partial charge on any atom is -0.462 e. The second-order valence-corrected chi connectivity index (χ2v) is 10.9. The van der Waals surface area contributed by atoms with Crippen LogP contribution < -0.4 is 4.74 Å². The van der Waals surface area contributed by atoms with Crippen molar-refractivity contribution in [3.8, 4) is 5.75 Å². The summed E-state index contributed by atoms with van der Waals surface area (Å²) in [6.07, 6.45) is 1.89. The van der Waals surface area contributed by atoms with E-state index in [4.69, 9.17) is 22.8 Å². The highest BCUT2D eigenvalue weighted by Crippen LogP contribution is 2.35. The van der Waals surface area contributed by atoms with Gasteiger partial charge in [-0.1, -0.05) is 19.9 Å². The Morgan fingerprint density at radius 1 is 1.06 bits per heavy atom. The number of rotatable bonds is 9. The molecule has 1 aliphatic rings. The standard InChI is InChI=1S/C22H32O8Si/c1-15(2)13-22(6)26-14-20-12-19(9-10-21(20)27-22)8-7-11-31(28-16(3)23,29-17(4)24)30-18(5)25/h9-10,12,15H,7-8,11,13-14H2,1-6H3. The number of benzene rings is 1. The van der Waals surface area contributed by atoms with E-state index < -0.39 is 32.5 Å². The third kappa shape index (κ3) is 7.66. The van der Waals surface area contributed by atoms with Crippen LogP contribution in [0, 0.1) is 5.92 Å². The molecule has 0 fully saturated rings. The Balaban J connectivity index is 2.07. The predicted molar refractivity (Wildman–Crippen MR) is 114 cm³/mol. The van der Waals surface area contributed by atoms with E-state index in [0.29, 0.717) is 25.4 Å². The Kier molecular flexibility index (Phi) is 8.25. The summed E-state index contributed by atoms with van der Waals surface area (Å²) in [7, 11) is -3.80. The van der Waals surface area contributed by atoms with Crippen molar-refractivity contribution in [2.45, 2.75) is 79.2 Å². The predicted octanol–water partition coefficient (Wildman–Crippen LogP) is 3.92. The number of hydrogen-bond donors (Lipinski definition) is 0. The van der Waals surface area contributed by atoms with Crippen molar-refractivity contribution in [2.75, 3.05) is 0 Å². The molecule has 0 amide bonds. The minimum atomic E-state index is -3.80. The molecule has 0 radical (unpaired) electrons. The molecule has 31 heavy (non-hydrogen) atoms. The monoisotopic (exact) mass is 452 g/mol. The van der Waals surface area contributed by atoms with E-state index in [2.05, 4.69) is 13.8 Å². The first-order valence-electron chi connectivity index (χ1n) is 10.5. The van der Waals surface area contributed by atoms with Gasteiger partial charge in [-0.3, -0.25) is 14.4 Å². The molecule has 2 rings (SSSR count). The van der Waals surface area contributed by atoms with Crippen molar-refractivity contribution < 1.29 is 37.1 Å². The lowest BCUT2D eigenvalue weighted by atomic mass is 10.0. The Morgan fingerprint density at radius 3 is 2.16 bits per heavy atom. The van der Waals surface area contributed by atoms with Gasteiger partial charge < -0.3 is 22.8 Å². The molecule has 8 nitrogen and oxygen atoms in total. The molecule has 0 spiro atoms. The van der Waals surface area contributed by atoms with Crippen molar-refractivity contribution in [2.24, 2.45) is 5.92 Å². The fourth-order valence-corrected chi connectivity index (χ4v) is 6.07. The molecule has 1 heterocycles. The number of carbonyl (C=O) groups excluding carboxylic acids is 3. The zero-order valence-corrected chi connectivity index (χ0v) is 20.1. The topological polar surface area (TPSA) is 97.4 Å². The van der Waals surface area contributed by atoms with Gasteiger partial charge in [-0.2, -0.15) is 0 Å². The number of carbonyl (C=O) groups is 3. The van der Waals surface area contributed by atoms with Gasteiger partial charge in [-0.05, 0) is 36.5 Å². The van der Waals surface area contributed by atoms with Crippen LogP contribution in [0.15, 0.2) is 18.2 Å². The summed E-state index contributed by atoms with van der Waals surface area (Å²) in [6, 6.07) is 6.05. The molecule has 1 aromatic rings. The maximum Gasteiger partial charge on any atom is 0.705 e. The fraction of sp³-hybridized carbons (Fsp3) is 0.591. The lowest BCUT2D eigenvalue weighted by molar-refractivity contribution is -0.202. The molecular weight excluding hydrogens is 420 g/mol.